The Bertz CT molecular complexity index is 1210. The third kappa shape index (κ3) is 7.58. The number of nitrogens with one attached hydrogen (secondary N) is 1. The van der Waals surface area contributed by atoms with Crippen LogP contribution in [0.25, 0.3) is 11.1 Å². The second-order valence-electron chi connectivity index (χ2n) is 8.37. The van der Waals surface area contributed by atoms with Crippen molar-refractivity contribution < 1.29 is 24.5 Å². The van der Waals surface area contributed by atoms with Crippen LogP contribution in [-0.4, -0.2) is 35.4 Å². The van der Waals surface area contributed by atoms with Gasteiger partial charge in [-0.25, -0.2) is 0 Å². The molecule has 0 heterocycles. The first-order chi connectivity index (χ1) is 17.3. The molecule has 3 aromatic carbocycles. The fourth-order valence-electron chi connectivity index (χ4n) is 3.41. The van der Waals surface area contributed by atoms with Gasteiger partial charge in [-0.2, -0.15) is 0 Å². The molecule has 0 aliphatic rings. The van der Waals surface area contributed by atoms with Gasteiger partial charge in [0.15, 0.2) is 0 Å². The van der Waals surface area contributed by atoms with Crippen LogP contribution in [0.3, 0.4) is 0 Å². The van der Waals surface area contributed by atoms with Gasteiger partial charge in [0.05, 0.1) is 11.6 Å². The van der Waals surface area contributed by atoms with Gasteiger partial charge in [-0.3, -0.25) is 10.1 Å². The van der Waals surface area contributed by atoms with Crippen LogP contribution in [0.4, 0.5) is 0 Å². The normalized spacial score (nSPS) is 11.6. The topological polar surface area (TPSA) is 88.0 Å². The summed E-state index contributed by atoms with van der Waals surface area (Å²) < 4.78 is 13.0. The van der Waals surface area contributed by atoms with E-state index in [0.29, 0.717) is 28.7 Å². The van der Waals surface area contributed by atoms with E-state index in [1.165, 1.54) is 0 Å². The number of rotatable bonds is 12. The van der Waals surface area contributed by atoms with Crippen LogP contribution < -0.4 is 14.8 Å². The van der Waals surface area contributed by atoms with Crippen molar-refractivity contribution in [2.24, 2.45) is 0 Å². The summed E-state index contributed by atoms with van der Waals surface area (Å²) in [5, 5.41) is 21.7. The van der Waals surface area contributed by atoms with Crippen molar-refractivity contribution in [3.63, 3.8) is 0 Å². The quantitative estimate of drug-likeness (QED) is 0.222. The molecule has 0 amide bonds. The molecule has 0 saturated carbocycles. The highest BCUT2D eigenvalue weighted by Crippen LogP contribution is 2.35. The first-order valence-electron chi connectivity index (χ1n) is 11.4. The maximum Gasteiger partial charge on any atom is 0.323 e. The first kappa shape index (κ1) is 27.7. The Labute approximate surface area is 224 Å². The number of ether oxygens (including phenoxy) is 2. The molecule has 0 spiro atoms. The molecule has 36 heavy (non-hydrogen) atoms. The summed E-state index contributed by atoms with van der Waals surface area (Å²) in [4.78, 5) is 11.3. The molecule has 0 radical (unpaired) electrons. The highest BCUT2D eigenvalue weighted by atomic mass is 79.9. The molecule has 0 unspecified atom stereocenters. The molecule has 8 heteroatoms. The number of carbonyl (C=O) groups is 1. The number of allylic oxidation sites excluding steroid dienone is 1. The van der Waals surface area contributed by atoms with Crippen molar-refractivity contribution >= 4 is 33.5 Å². The third-order valence-electron chi connectivity index (χ3n) is 5.41. The van der Waals surface area contributed by atoms with Crippen molar-refractivity contribution in [1.82, 2.24) is 5.32 Å². The van der Waals surface area contributed by atoms with Crippen LogP contribution in [0.15, 0.2) is 76.8 Å². The molecule has 0 aliphatic heterocycles. The lowest BCUT2D eigenvalue weighted by atomic mass is 10.0. The molecular formula is C28H29BrClNO5. The molecule has 0 fully saturated rings. The molecule has 190 valence electrons. The largest absolute Gasteiger partial charge is 0.489 e. The number of aliphatic hydroxyl groups excluding tert-OH is 1. The van der Waals surface area contributed by atoms with Gasteiger partial charge in [0.25, 0.3) is 0 Å². The maximum atomic E-state index is 11.3. The second-order valence-corrected chi connectivity index (χ2v) is 9.57. The molecule has 0 aromatic heterocycles. The van der Waals surface area contributed by atoms with E-state index in [1.54, 1.807) is 12.1 Å². The zero-order valence-electron chi connectivity index (χ0n) is 20.1. The smallest absolute Gasteiger partial charge is 0.323 e. The van der Waals surface area contributed by atoms with Crippen molar-refractivity contribution in [1.29, 1.82) is 0 Å². The molecule has 3 rings (SSSR count). The molecule has 0 aliphatic carbocycles. The first-order valence-corrected chi connectivity index (χ1v) is 12.6. The molecular weight excluding hydrogens is 546 g/mol. The van der Waals surface area contributed by atoms with E-state index < -0.39 is 18.6 Å². The van der Waals surface area contributed by atoms with E-state index in [0.717, 1.165) is 26.7 Å². The summed E-state index contributed by atoms with van der Waals surface area (Å²) >= 11 is 10.2. The van der Waals surface area contributed by atoms with Gasteiger partial charge in [-0.1, -0.05) is 65.7 Å². The fourth-order valence-corrected chi connectivity index (χ4v) is 4.26. The second kappa shape index (κ2) is 13.5. The monoisotopic (exact) mass is 573 g/mol. The molecule has 6 nitrogen and oxygen atoms in total. The number of hydrogen-bond donors (Lipinski definition) is 3. The Kier molecular flexibility index (Phi) is 10.4. The highest BCUT2D eigenvalue weighted by Gasteiger charge is 2.18. The molecule has 0 bridgehead atoms. The average Bonchev–Trinajstić information content (AvgIpc) is 2.85. The molecule has 1 atom stereocenters. The summed E-state index contributed by atoms with van der Waals surface area (Å²) in [6, 6.07) is 18.4. The summed E-state index contributed by atoms with van der Waals surface area (Å²) in [5.74, 6) is -0.181. The van der Waals surface area contributed by atoms with E-state index in [2.05, 4.69) is 33.4 Å². The zero-order chi connectivity index (χ0) is 26.1. The Morgan fingerprint density at radius 3 is 2.47 bits per heavy atom. The third-order valence-corrected chi connectivity index (χ3v) is 6.64. The van der Waals surface area contributed by atoms with Crippen LogP contribution in [-0.2, 0) is 17.9 Å². The van der Waals surface area contributed by atoms with Crippen LogP contribution in [0.1, 0.15) is 25.0 Å². The summed E-state index contributed by atoms with van der Waals surface area (Å²) in [7, 11) is 0. The maximum absolute atomic E-state index is 11.3. The van der Waals surface area contributed by atoms with Crippen LogP contribution in [0.5, 0.6) is 11.5 Å². The number of aliphatic hydroxyl groups is 1. The van der Waals surface area contributed by atoms with Gasteiger partial charge >= 0.3 is 5.97 Å². The van der Waals surface area contributed by atoms with Gasteiger partial charge in [-0.15, -0.1) is 0 Å². The minimum Gasteiger partial charge on any atom is -0.489 e. The molecule has 3 aromatic rings. The number of carboxylic acid groups (broad SMARTS) is 1. The van der Waals surface area contributed by atoms with E-state index in [-0.39, 0.29) is 13.2 Å². The van der Waals surface area contributed by atoms with Crippen LogP contribution in [0, 0.1) is 0 Å². The predicted octanol–water partition coefficient (Wildman–Crippen LogP) is 6.23. The van der Waals surface area contributed by atoms with Crippen molar-refractivity contribution in [2.45, 2.75) is 33.0 Å². The highest BCUT2D eigenvalue weighted by molar-refractivity contribution is 9.10. The lowest BCUT2D eigenvalue weighted by molar-refractivity contribution is -0.140. The average molecular weight is 575 g/mol. The van der Waals surface area contributed by atoms with Crippen molar-refractivity contribution in [2.75, 3.05) is 13.2 Å². The van der Waals surface area contributed by atoms with Gasteiger partial charge in [0.2, 0.25) is 0 Å². The van der Waals surface area contributed by atoms with E-state index in [1.807, 2.05) is 56.3 Å². The molecule has 0 saturated heterocycles. The van der Waals surface area contributed by atoms with Crippen LogP contribution in [0.2, 0.25) is 5.02 Å². The number of carboxylic acids is 1. The van der Waals surface area contributed by atoms with E-state index >= 15 is 0 Å². The SMILES string of the molecule is CC(C)=CCOc1cc(OCc2cccc(-c3ccccc3)c2Br)c(Cl)cc1CN[C@@H](CO)C(=O)O. The lowest BCUT2D eigenvalue weighted by Crippen LogP contribution is -2.39. The summed E-state index contributed by atoms with van der Waals surface area (Å²) in [6.45, 7) is 4.17. The minimum atomic E-state index is -1.14. The Morgan fingerprint density at radius 2 is 1.81 bits per heavy atom. The molecule has 3 N–H and O–H groups in total. The fraction of sp³-hybridized carbons (Fsp3) is 0.250. The summed E-state index contributed by atoms with van der Waals surface area (Å²) in [6.07, 6.45) is 1.94. The number of aliphatic carboxylic acids is 1. The van der Waals surface area contributed by atoms with Gasteiger partial charge in [0.1, 0.15) is 30.8 Å². The standard InChI is InChI=1S/C28H29BrClNO5/c1-18(2)11-12-35-25-14-26(23(30)13-21(25)15-31-24(16-32)28(33)34)36-17-20-9-6-10-22(27(20)29)19-7-4-3-5-8-19/h3-11,13-14,24,31-32H,12,15-17H2,1-2H3,(H,33,34)/t24-/m0/s1. The number of benzene rings is 3. The lowest BCUT2D eigenvalue weighted by Gasteiger charge is -2.18. The minimum absolute atomic E-state index is 0.145. The van der Waals surface area contributed by atoms with Crippen molar-refractivity contribution in [3.05, 3.63) is 92.9 Å². The Hall–Kier alpha value is -2.84. The number of halogens is 2. The number of hydrogen-bond acceptors (Lipinski definition) is 5. The Balaban J connectivity index is 1.83. The summed E-state index contributed by atoms with van der Waals surface area (Å²) in [5.41, 5.74) is 4.87. The Morgan fingerprint density at radius 1 is 1.06 bits per heavy atom. The zero-order valence-corrected chi connectivity index (χ0v) is 22.5. The van der Waals surface area contributed by atoms with Crippen LogP contribution >= 0.6 is 27.5 Å². The van der Waals surface area contributed by atoms with E-state index in [4.69, 9.17) is 21.1 Å². The van der Waals surface area contributed by atoms with Crippen molar-refractivity contribution in [3.8, 4) is 22.6 Å². The van der Waals surface area contributed by atoms with Gasteiger partial charge in [-0.05, 0) is 53.0 Å². The predicted molar refractivity (Wildman–Crippen MR) is 146 cm³/mol. The van der Waals surface area contributed by atoms with Gasteiger partial charge < -0.3 is 19.7 Å². The van der Waals surface area contributed by atoms with E-state index in [9.17, 15) is 15.0 Å². The van der Waals surface area contributed by atoms with Gasteiger partial charge in [0, 0.05) is 28.2 Å².